The first-order valence-corrected chi connectivity index (χ1v) is 8.85. The summed E-state index contributed by atoms with van der Waals surface area (Å²) in [6.45, 7) is 10.7. The van der Waals surface area contributed by atoms with Gasteiger partial charge in [0.25, 0.3) is 0 Å². The van der Waals surface area contributed by atoms with Crippen LogP contribution in [0.5, 0.6) is 0 Å². The summed E-state index contributed by atoms with van der Waals surface area (Å²) in [5.41, 5.74) is -0.0278. The molecule has 0 aromatic rings. The van der Waals surface area contributed by atoms with E-state index in [1.807, 2.05) is 26.0 Å². The van der Waals surface area contributed by atoms with Crippen LogP contribution in [0.1, 0.15) is 40.5 Å². The summed E-state index contributed by atoms with van der Waals surface area (Å²) in [6.07, 6.45) is 6.68. The van der Waals surface area contributed by atoms with Crippen molar-refractivity contribution < 1.29 is 28.5 Å². The average Bonchev–Trinajstić information content (AvgIpc) is 2.92. The van der Waals surface area contributed by atoms with Gasteiger partial charge in [-0.2, -0.15) is 0 Å². The quantitative estimate of drug-likeness (QED) is 0.287. The Labute approximate surface area is 151 Å². The molecule has 0 aliphatic carbocycles. The van der Waals surface area contributed by atoms with Crippen LogP contribution in [0, 0.1) is 5.41 Å². The van der Waals surface area contributed by atoms with Crippen LogP contribution in [0.3, 0.4) is 0 Å². The molecule has 6 heteroatoms. The molecule has 1 aliphatic heterocycles. The Balaban J connectivity index is 1.88. The smallest absolute Gasteiger partial charge is 0.306 e. The fraction of sp³-hybridized carbons (Fsp3) is 0.737. The van der Waals surface area contributed by atoms with Crippen molar-refractivity contribution >= 4 is 5.97 Å². The lowest BCUT2D eigenvalue weighted by Crippen LogP contribution is -2.26. The second-order valence-corrected chi connectivity index (χ2v) is 6.48. The van der Waals surface area contributed by atoms with E-state index in [-0.39, 0.29) is 24.1 Å². The van der Waals surface area contributed by atoms with Crippen LogP contribution in [0.15, 0.2) is 24.2 Å². The Hall–Kier alpha value is -1.53. The summed E-state index contributed by atoms with van der Waals surface area (Å²) < 4.78 is 26.7. The molecule has 1 heterocycles. The van der Waals surface area contributed by atoms with Gasteiger partial charge in [0.05, 0.1) is 38.4 Å². The highest BCUT2D eigenvalue weighted by molar-refractivity contribution is 5.69. The Morgan fingerprint density at radius 1 is 1.08 bits per heavy atom. The summed E-state index contributed by atoms with van der Waals surface area (Å²) in [7, 11) is 0. The number of hydrogen-bond donors (Lipinski definition) is 0. The Bertz CT molecular complexity index is 441. The second-order valence-electron chi connectivity index (χ2n) is 6.48. The largest absolute Gasteiger partial charge is 0.497 e. The van der Waals surface area contributed by atoms with E-state index in [0.29, 0.717) is 45.9 Å². The lowest BCUT2D eigenvalue weighted by Gasteiger charge is -2.24. The van der Waals surface area contributed by atoms with Crippen molar-refractivity contribution in [3.05, 3.63) is 24.2 Å². The number of esters is 1. The van der Waals surface area contributed by atoms with Crippen molar-refractivity contribution in [1.82, 2.24) is 0 Å². The first-order valence-electron chi connectivity index (χ1n) is 8.85. The van der Waals surface area contributed by atoms with E-state index in [1.54, 1.807) is 6.26 Å². The molecular formula is C19H32O6. The van der Waals surface area contributed by atoms with Crippen molar-refractivity contribution in [2.45, 2.75) is 46.6 Å². The van der Waals surface area contributed by atoms with E-state index >= 15 is 0 Å². The van der Waals surface area contributed by atoms with Gasteiger partial charge in [0.2, 0.25) is 0 Å². The summed E-state index contributed by atoms with van der Waals surface area (Å²) in [5.74, 6) is 0.670. The number of hydrogen-bond acceptors (Lipinski definition) is 6. The topological polar surface area (TPSA) is 63.2 Å². The number of carbonyl (C=O) groups is 1. The zero-order valence-electron chi connectivity index (χ0n) is 15.9. The summed E-state index contributed by atoms with van der Waals surface area (Å²) >= 11 is 0. The molecule has 0 saturated carbocycles. The SMILES string of the molecule is CC=C(C)OCCOCCOCCOC(=O)CCC1OC=CC1(C)C. The molecule has 0 N–H and O–H groups in total. The third-order valence-electron chi connectivity index (χ3n) is 4.01. The van der Waals surface area contributed by atoms with Gasteiger partial charge in [-0.05, 0) is 26.3 Å². The van der Waals surface area contributed by atoms with Gasteiger partial charge < -0.3 is 23.7 Å². The summed E-state index contributed by atoms with van der Waals surface area (Å²) in [4.78, 5) is 11.7. The molecule has 6 nitrogen and oxygen atoms in total. The van der Waals surface area contributed by atoms with Gasteiger partial charge in [-0.25, -0.2) is 0 Å². The van der Waals surface area contributed by atoms with Crippen LogP contribution in [0.2, 0.25) is 0 Å². The molecule has 0 radical (unpaired) electrons. The minimum absolute atomic E-state index is 0.0278. The Kier molecular flexibility index (Phi) is 10.3. The minimum atomic E-state index is -0.220. The summed E-state index contributed by atoms with van der Waals surface area (Å²) in [6, 6.07) is 0. The van der Waals surface area contributed by atoms with E-state index in [4.69, 9.17) is 23.7 Å². The molecule has 0 amide bonds. The Morgan fingerprint density at radius 3 is 2.24 bits per heavy atom. The molecule has 0 aromatic heterocycles. The maximum atomic E-state index is 11.7. The van der Waals surface area contributed by atoms with Gasteiger partial charge in [0.15, 0.2) is 0 Å². The molecule has 0 fully saturated rings. The van der Waals surface area contributed by atoms with E-state index < -0.39 is 0 Å². The van der Waals surface area contributed by atoms with Crippen LogP contribution < -0.4 is 0 Å². The predicted octanol–water partition coefficient (Wildman–Crippen LogP) is 3.22. The van der Waals surface area contributed by atoms with E-state index in [2.05, 4.69) is 13.8 Å². The first-order chi connectivity index (χ1) is 12.0. The highest BCUT2D eigenvalue weighted by Gasteiger charge is 2.32. The van der Waals surface area contributed by atoms with Crippen molar-refractivity contribution in [2.24, 2.45) is 5.41 Å². The normalized spacial score (nSPS) is 18.9. The monoisotopic (exact) mass is 356 g/mol. The zero-order valence-corrected chi connectivity index (χ0v) is 15.9. The zero-order chi connectivity index (χ0) is 18.5. The highest BCUT2D eigenvalue weighted by atomic mass is 16.6. The molecule has 0 saturated heterocycles. The lowest BCUT2D eigenvalue weighted by molar-refractivity contribution is -0.146. The van der Waals surface area contributed by atoms with Gasteiger partial charge in [0.1, 0.15) is 19.3 Å². The van der Waals surface area contributed by atoms with Gasteiger partial charge >= 0.3 is 5.97 Å². The molecule has 1 aliphatic rings. The number of allylic oxidation sites excluding steroid dienone is 2. The fourth-order valence-corrected chi connectivity index (χ4v) is 2.23. The van der Waals surface area contributed by atoms with Crippen LogP contribution in [-0.4, -0.2) is 51.7 Å². The molecular weight excluding hydrogens is 324 g/mol. The van der Waals surface area contributed by atoms with Crippen LogP contribution in [-0.2, 0) is 28.5 Å². The van der Waals surface area contributed by atoms with Gasteiger partial charge in [0, 0.05) is 11.8 Å². The molecule has 144 valence electrons. The number of carbonyl (C=O) groups excluding carboxylic acids is 1. The maximum absolute atomic E-state index is 11.7. The van der Waals surface area contributed by atoms with Gasteiger partial charge in [-0.1, -0.05) is 19.9 Å². The fourth-order valence-electron chi connectivity index (χ4n) is 2.23. The third-order valence-corrected chi connectivity index (χ3v) is 4.01. The van der Waals surface area contributed by atoms with Crippen LogP contribution in [0.4, 0.5) is 0 Å². The molecule has 1 unspecified atom stereocenters. The molecule has 1 rings (SSSR count). The van der Waals surface area contributed by atoms with E-state index in [9.17, 15) is 4.79 Å². The molecule has 25 heavy (non-hydrogen) atoms. The third kappa shape index (κ3) is 9.51. The van der Waals surface area contributed by atoms with Crippen molar-refractivity contribution in [1.29, 1.82) is 0 Å². The average molecular weight is 356 g/mol. The van der Waals surface area contributed by atoms with Crippen molar-refractivity contribution in [3.63, 3.8) is 0 Å². The number of ether oxygens (including phenoxy) is 5. The molecule has 0 bridgehead atoms. The second kappa shape index (κ2) is 11.9. The van der Waals surface area contributed by atoms with Crippen molar-refractivity contribution in [2.75, 3.05) is 39.6 Å². The van der Waals surface area contributed by atoms with Gasteiger partial charge in [-0.15, -0.1) is 0 Å². The standard InChI is InChI=1S/C19H32O6/c1-5-16(2)23-14-12-21-10-11-22-13-15-25-18(20)7-6-17-19(3,4)8-9-24-17/h5,8-9,17H,6-7,10-15H2,1-4H3. The van der Waals surface area contributed by atoms with Crippen molar-refractivity contribution in [3.8, 4) is 0 Å². The van der Waals surface area contributed by atoms with E-state index in [1.165, 1.54) is 0 Å². The maximum Gasteiger partial charge on any atom is 0.306 e. The molecule has 0 spiro atoms. The van der Waals surface area contributed by atoms with Crippen LogP contribution in [0.25, 0.3) is 0 Å². The number of rotatable bonds is 13. The summed E-state index contributed by atoms with van der Waals surface area (Å²) in [5, 5.41) is 0. The van der Waals surface area contributed by atoms with Gasteiger partial charge in [-0.3, -0.25) is 4.79 Å². The van der Waals surface area contributed by atoms with E-state index in [0.717, 1.165) is 5.76 Å². The first kappa shape index (κ1) is 21.5. The Morgan fingerprint density at radius 2 is 1.68 bits per heavy atom. The lowest BCUT2D eigenvalue weighted by atomic mass is 9.85. The minimum Gasteiger partial charge on any atom is -0.497 e. The predicted molar refractivity (Wildman–Crippen MR) is 95.0 cm³/mol. The highest BCUT2D eigenvalue weighted by Crippen LogP contribution is 2.33. The molecule has 1 atom stereocenters. The molecule has 0 aromatic carbocycles. The van der Waals surface area contributed by atoms with Crippen LogP contribution >= 0.6 is 0 Å².